The molecule has 1 N–H and O–H groups in total. The molecule has 4 nitrogen and oxygen atoms in total. The average Bonchev–Trinajstić information content (AvgIpc) is 2.50. The van der Waals surface area contributed by atoms with Crippen LogP contribution in [0.2, 0.25) is 10.0 Å². The summed E-state index contributed by atoms with van der Waals surface area (Å²) in [6.45, 7) is 1.85. The average molecular weight is 337 g/mol. The quantitative estimate of drug-likeness (QED) is 0.666. The largest absolute Gasteiger partial charge is 0.484 e. The van der Waals surface area contributed by atoms with Crippen molar-refractivity contribution < 1.29 is 9.53 Å². The number of nitrogens with zero attached hydrogens (tertiary/aromatic N) is 1. The molecule has 0 bridgehead atoms. The number of aryl methyl sites for hydroxylation is 1. The number of benzene rings is 2. The lowest BCUT2D eigenvalue weighted by molar-refractivity contribution is -0.123. The smallest absolute Gasteiger partial charge is 0.277 e. The zero-order valence-electron chi connectivity index (χ0n) is 11.8. The Balaban J connectivity index is 1.85. The summed E-state index contributed by atoms with van der Waals surface area (Å²) in [5.74, 6) is 0.249. The first-order valence-corrected chi connectivity index (χ1v) is 7.27. The van der Waals surface area contributed by atoms with Gasteiger partial charge in [-0.05, 0) is 31.2 Å². The predicted octanol–water partition coefficient (Wildman–Crippen LogP) is 3.83. The summed E-state index contributed by atoms with van der Waals surface area (Å²) in [4.78, 5) is 11.6. The van der Waals surface area contributed by atoms with Crippen molar-refractivity contribution >= 4 is 35.3 Å². The van der Waals surface area contributed by atoms with E-state index in [1.165, 1.54) is 6.21 Å². The lowest BCUT2D eigenvalue weighted by Crippen LogP contribution is -2.24. The van der Waals surface area contributed by atoms with Crippen molar-refractivity contribution in [2.24, 2.45) is 5.10 Å². The van der Waals surface area contributed by atoms with Crippen LogP contribution in [0.25, 0.3) is 0 Å². The van der Waals surface area contributed by atoms with Crippen LogP contribution in [0, 0.1) is 6.92 Å². The maximum atomic E-state index is 11.6. The highest BCUT2D eigenvalue weighted by molar-refractivity contribution is 6.38. The van der Waals surface area contributed by atoms with Crippen LogP contribution in [0.4, 0.5) is 0 Å². The van der Waals surface area contributed by atoms with E-state index in [2.05, 4.69) is 10.5 Å². The summed E-state index contributed by atoms with van der Waals surface area (Å²) >= 11 is 12.0. The number of ether oxygens (including phenoxy) is 1. The van der Waals surface area contributed by atoms with Gasteiger partial charge in [0.2, 0.25) is 0 Å². The summed E-state index contributed by atoms with van der Waals surface area (Å²) in [6.07, 6.45) is 1.40. The fourth-order valence-corrected chi connectivity index (χ4v) is 2.11. The summed E-state index contributed by atoms with van der Waals surface area (Å²) in [5.41, 5.74) is 4.03. The highest BCUT2D eigenvalue weighted by Crippen LogP contribution is 2.21. The molecule has 2 aromatic carbocycles. The van der Waals surface area contributed by atoms with Gasteiger partial charge in [0.1, 0.15) is 5.75 Å². The van der Waals surface area contributed by atoms with Gasteiger partial charge in [0.15, 0.2) is 6.61 Å². The minimum atomic E-state index is -0.375. The van der Waals surface area contributed by atoms with E-state index in [1.807, 2.05) is 19.1 Å². The second-order valence-electron chi connectivity index (χ2n) is 4.53. The molecule has 0 aliphatic heterocycles. The van der Waals surface area contributed by atoms with Crippen LogP contribution in [0.1, 0.15) is 11.1 Å². The third-order valence-electron chi connectivity index (χ3n) is 2.77. The van der Waals surface area contributed by atoms with Gasteiger partial charge in [-0.3, -0.25) is 4.79 Å². The number of halogens is 2. The van der Waals surface area contributed by atoms with Crippen LogP contribution in [0.5, 0.6) is 5.75 Å². The van der Waals surface area contributed by atoms with Crippen LogP contribution in [-0.4, -0.2) is 18.7 Å². The van der Waals surface area contributed by atoms with E-state index in [0.717, 1.165) is 5.56 Å². The van der Waals surface area contributed by atoms with E-state index in [1.54, 1.807) is 30.3 Å². The summed E-state index contributed by atoms with van der Waals surface area (Å²) in [7, 11) is 0. The molecule has 0 atom stereocenters. The highest BCUT2D eigenvalue weighted by Gasteiger charge is 2.04. The third kappa shape index (κ3) is 4.76. The Hall–Kier alpha value is -2.04. The molecule has 0 aliphatic carbocycles. The number of hydrogen-bond acceptors (Lipinski definition) is 3. The SMILES string of the molecule is Cc1ccc(OCC(=O)N/N=C/c2c(Cl)cccc2Cl)cc1. The van der Waals surface area contributed by atoms with Crippen molar-refractivity contribution in [1.29, 1.82) is 0 Å². The van der Waals surface area contributed by atoms with Crippen molar-refractivity contribution in [2.45, 2.75) is 6.92 Å². The molecule has 0 radical (unpaired) electrons. The van der Waals surface area contributed by atoms with Crippen molar-refractivity contribution in [3.05, 3.63) is 63.6 Å². The number of amides is 1. The molecule has 1 amide bonds. The Labute approximate surface area is 138 Å². The second-order valence-corrected chi connectivity index (χ2v) is 5.34. The first-order valence-electron chi connectivity index (χ1n) is 6.51. The van der Waals surface area contributed by atoms with Gasteiger partial charge < -0.3 is 4.74 Å². The lowest BCUT2D eigenvalue weighted by atomic mass is 10.2. The minimum absolute atomic E-state index is 0.128. The molecule has 2 aromatic rings. The van der Waals surface area contributed by atoms with E-state index >= 15 is 0 Å². The molecule has 114 valence electrons. The minimum Gasteiger partial charge on any atom is -0.484 e. The van der Waals surface area contributed by atoms with Crippen molar-refractivity contribution in [3.8, 4) is 5.75 Å². The van der Waals surface area contributed by atoms with Crippen LogP contribution in [-0.2, 0) is 4.79 Å². The van der Waals surface area contributed by atoms with E-state index in [0.29, 0.717) is 21.4 Å². The van der Waals surface area contributed by atoms with E-state index < -0.39 is 0 Å². The molecule has 0 saturated heterocycles. The molecular weight excluding hydrogens is 323 g/mol. The van der Waals surface area contributed by atoms with E-state index in [4.69, 9.17) is 27.9 Å². The number of carbonyl (C=O) groups is 1. The van der Waals surface area contributed by atoms with Gasteiger partial charge in [0, 0.05) is 5.56 Å². The number of hydrazone groups is 1. The summed E-state index contributed by atoms with van der Waals surface area (Å²) < 4.78 is 5.33. The van der Waals surface area contributed by atoms with Crippen LogP contribution < -0.4 is 10.2 Å². The molecule has 0 saturated carbocycles. The Morgan fingerprint density at radius 1 is 1.18 bits per heavy atom. The molecule has 6 heteroatoms. The number of nitrogens with one attached hydrogen (secondary N) is 1. The van der Waals surface area contributed by atoms with Crippen LogP contribution >= 0.6 is 23.2 Å². The lowest BCUT2D eigenvalue weighted by Gasteiger charge is -2.05. The number of carbonyl (C=O) groups excluding carboxylic acids is 1. The first kappa shape index (κ1) is 16.3. The first-order chi connectivity index (χ1) is 10.6. The van der Waals surface area contributed by atoms with Crippen molar-refractivity contribution in [1.82, 2.24) is 5.43 Å². The van der Waals surface area contributed by atoms with Gasteiger partial charge in [-0.25, -0.2) is 5.43 Å². The molecule has 0 unspecified atom stereocenters. The Morgan fingerprint density at radius 2 is 1.82 bits per heavy atom. The maximum absolute atomic E-state index is 11.6. The standard InChI is InChI=1S/C16H14Cl2N2O2/c1-11-5-7-12(8-6-11)22-10-16(21)20-19-9-13-14(17)3-2-4-15(13)18/h2-9H,10H2,1H3,(H,20,21)/b19-9+. The maximum Gasteiger partial charge on any atom is 0.277 e. The van der Waals surface area contributed by atoms with Crippen molar-refractivity contribution in [3.63, 3.8) is 0 Å². The van der Waals surface area contributed by atoms with Gasteiger partial charge >= 0.3 is 0 Å². The molecule has 0 spiro atoms. The number of hydrogen-bond donors (Lipinski definition) is 1. The zero-order chi connectivity index (χ0) is 15.9. The Morgan fingerprint density at radius 3 is 2.45 bits per heavy atom. The summed E-state index contributed by atoms with van der Waals surface area (Å²) in [5, 5.41) is 4.74. The predicted molar refractivity (Wildman–Crippen MR) is 88.9 cm³/mol. The van der Waals surface area contributed by atoms with Crippen molar-refractivity contribution in [2.75, 3.05) is 6.61 Å². The zero-order valence-corrected chi connectivity index (χ0v) is 13.4. The number of rotatable bonds is 5. The van der Waals surface area contributed by atoms with E-state index in [9.17, 15) is 4.79 Å². The van der Waals surface area contributed by atoms with Gasteiger partial charge in [0.05, 0.1) is 16.3 Å². The Kier molecular flexibility index (Phi) is 5.81. The molecule has 0 aliphatic rings. The molecule has 0 heterocycles. The van der Waals surface area contributed by atoms with Crippen LogP contribution in [0.3, 0.4) is 0 Å². The van der Waals surface area contributed by atoms with Crippen LogP contribution in [0.15, 0.2) is 47.6 Å². The molecule has 2 rings (SSSR count). The topological polar surface area (TPSA) is 50.7 Å². The van der Waals surface area contributed by atoms with Gasteiger partial charge in [-0.1, -0.05) is 47.0 Å². The second kappa shape index (κ2) is 7.82. The molecule has 22 heavy (non-hydrogen) atoms. The fraction of sp³-hybridized carbons (Fsp3) is 0.125. The van der Waals surface area contributed by atoms with E-state index in [-0.39, 0.29) is 12.5 Å². The third-order valence-corrected chi connectivity index (χ3v) is 3.43. The van der Waals surface area contributed by atoms with Gasteiger partial charge in [-0.15, -0.1) is 0 Å². The van der Waals surface area contributed by atoms with Gasteiger partial charge in [-0.2, -0.15) is 5.10 Å². The monoisotopic (exact) mass is 336 g/mol. The van der Waals surface area contributed by atoms with Gasteiger partial charge in [0.25, 0.3) is 5.91 Å². The molecule has 0 aromatic heterocycles. The molecular formula is C16H14Cl2N2O2. The molecule has 0 fully saturated rings. The summed E-state index contributed by atoms with van der Waals surface area (Å²) in [6, 6.07) is 12.5. The Bertz CT molecular complexity index is 665. The normalized spacial score (nSPS) is 10.7. The highest BCUT2D eigenvalue weighted by atomic mass is 35.5. The fourth-order valence-electron chi connectivity index (χ4n) is 1.62.